The van der Waals surface area contributed by atoms with E-state index in [-0.39, 0.29) is 0 Å². The van der Waals surface area contributed by atoms with Crippen molar-refractivity contribution >= 4 is 58.2 Å². The second-order valence-electron chi connectivity index (χ2n) is 11.8. The molecule has 4 aromatic carbocycles. The highest BCUT2D eigenvalue weighted by atomic mass is 35.5. The maximum absolute atomic E-state index is 14.4. The first-order chi connectivity index (χ1) is 21.1. The van der Waals surface area contributed by atoms with Crippen LogP contribution in [0.2, 0.25) is 5.02 Å². The van der Waals surface area contributed by atoms with Crippen LogP contribution in [0.4, 0.5) is 5.69 Å². The van der Waals surface area contributed by atoms with Gasteiger partial charge in [0.25, 0.3) is 0 Å². The number of alkyl halides is 2. The lowest BCUT2D eigenvalue weighted by Gasteiger charge is -2.54. The van der Waals surface area contributed by atoms with E-state index in [1.54, 1.807) is 62.4 Å². The Kier molecular flexibility index (Phi) is 6.81. The van der Waals surface area contributed by atoms with Gasteiger partial charge in [-0.3, -0.25) is 19.3 Å². The zero-order valence-electron chi connectivity index (χ0n) is 23.8. The van der Waals surface area contributed by atoms with E-state index in [0.717, 1.165) is 4.90 Å². The fourth-order valence-corrected chi connectivity index (χ4v) is 8.37. The molecule has 3 aliphatic carbocycles. The van der Waals surface area contributed by atoms with Crippen molar-refractivity contribution in [1.82, 2.24) is 4.90 Å². The molecule has 0 unspecified atom stereocenters. The van der Waals surface area contributed by atoms with E-state index in [9.17, 15) is 14.4 Å². The van der Waals surface area contributed by atoms with Gasteiger partial charge in [-0.25, -0.2) is 0 Å². The van der Waals surface area contributed by atoms with Gasteiger partial charge in [0.05, 0.1) is 11.8 Å². The third-order valence-electron chi connectivity index (χ3n) is 8.97. The number of carbonyl (C=O) groups excluding carboxylic acids is 3. The summed E-state index contributed by atoms with van der Waals surface area (Å²) in [6, 6.07) is 27.6. The molecule has 1 fully saturated rings. The average molecular weight is 646 g/mol. The highest BCUT2D eigenvalue weighted by Gasteiger charge is 2.73. The van der Waals surface area contributed by atoms with Crippen LogP contribution in [0.3, 0.4) is 0 Å². The molecule has 9 heteroatoms. The van der Waals surface area contributed by atoms with Gasteiger partial charge in [0, 0.05) is 10.7 Å². The molecule has 0 radical (unpaired) electrons. The molecule has 0 spiro atoms. The summed E-state index contributed by atoms with van der Waals surface area (Å²) in [5.41, 5.74) is 3.34. The lowest BCUT2D eigenvalue weighted by atomic mass is 9.54. The van der Waals surface area contributed by atoms with Crippen molar-refractivity contribution in [3.63, 3.8) is 0 Å². The van der Waals surface area contributed by atoms with Crippen molar-refractivity contribution in [2.24, 2.45) is 17.8 Å². The third kappa shape index (κ3) is 4.04. The van der Waals surface area contributed by atoms with Crippen molar-refractivity contribution in [2.45, 2.75) is 29.6 Å². The van der Waals surface area contributed by atoms with Crippen LogP contribution in [0.15, 0.2) is 97.1 Å². The molecular formula is C35H27Cl3N2O4. The third-order valence-corrected chi connectivity index (χ3v) is 10.5. The predicted octanol–water partition coefficient (Wildman–Crippen LogP) is 7.69. The Balaban J connectivity index is 1.20. The summed E-state index contributed by atoms with van der Waals surface area (Å²) < 4.78 is 5.85. The van der Waals surface area contributed by atoms with Gasteiger partial charge in [-0.05, 0) is 76.7 Å². The number of imide groups is 1. The van der Waals surface area contributed by atoms with Gasteiger partial charge in [-0.2, -0.15) is 0 Å². The Labute approximate surface area is 269 Å². The molecule has 1 saturated heterocycles. The van der Waals surface area contributed by atoms with Crippen molar-refractivity contribution < 1.29 is 19.1 Å². The number of carbonyl (C=O) groups is 3. The Morgan fingerprint density at radius 1 is 0.727 bits per heavy atom. The number of hydrogen-bond donors (Lipinski definition) is 1. The molecule has 1 heterocycles. The first-order valence-corrected chi connectivity index (χ1v) is 15.5. The standard InChI is InChI=1S/C35H27Cl3N2O4/c1-19(2)30(31(41)39-21-13-17-23(18-14-21)44-22-15-11-20(36)12-16-22)40-32(42)28-29(33(40)43)35(38)25-8-4-3-7-24(25)34(28,37)26-9-5-6-10-27(26)35/h3-19,28-30H,1-2H3,(H,39,41)/t28-,29-,30-,34?,35?/m0/s1. The summed E-state index contributed by atoms with van der Waals surface area (Å²) in [7, 11) is 0. The molecule has 1 N–H and O–H groups in total. The van der Waals surface area contributed by atoms with Crippen LogP contribution >= 0.6 is 34.8 Å². The minimum atomic E-state index is -1.31. The van der Waals surface area contributed by atoms with E-state index in [1.165, 1.54) is 0 Å². The second kappa shape index (κ2) is 10.4. The van der Waals surface area contributed by atoms with E-state index in [1.807, 2.05) is 48.5 Å². The Morgan fingerprint density at radius 3 is 1.55 bits per heavy atom. The fourth-order valence-electron chi connectivity index (χ4n) is 7.14. The van der Waals surface area contributed by atoms with Crippen LogP contribution in [0.1, 0.15) is 36.1 Å². The molecule has 2 bridgehead atoms. The molecule has 0 aromatic heterocycles. The molecule has 3 amide bonds. The van der Waals surface area contributed by atoms with E-state index in [2.05, 4.69) is 5.32 Å². The number of ether oxygens (including phenoxy) is 1. The van der Waals surface area contributed by atoms with Crippen molar-refractivity contribution in [1.29, 1.82) is 0 Å². The first kappa shape index (κ1) is 28.9. The topological polar surface area (TPSA) is 75.7 Å². The zero-order chi connectivity index (χ0) is 31.0. The van der Waals surface area contributed by atoms with Crippen LogP contribution in [-0.4, -0.2) is 28.7 Å². The first-order valence-electron chi connectivity index (χ1n) is 14.4. The highest BCUT2D eigenvalue weighted by Crippen LogP contribution is 2.69. The number of nitrogens with zero attached hydrogens (tertiary/aromatic N) is 1. The number of nitrogens with one attached hydrogen (secondary N) is 1. The van der Waals surface area contributed by atoms with Crippen LogP contribution in [0.25, 0.3) is 0 Å². The maximum atomic E-state index is 14.4. The molecule has 44 heavy (non-hydrogen) atoms. The monoisotopic (exact) mass is 644 g/mol. The molecule has 0 saturated carbocycles. The smallest absolute Gasteiger partial charge is 0.247 e. The van der Waals surface area contributed by atoms with E-state index >= 15 is 0 Å². The van der Waals surface area contributed by atoms with Crippen LogP contribution in [0, 0.1) is 17.8 Å². The number of amides is 3. The lowest BCUT2D eigenvalue weighted by Crippen LogP contribution is -2.57. The van der Waals surface area contributed by atoms with Gasteiger partial charge in [-0.15, -0.1) is 23.2 Å². The van der Waals surface area contributed by atoms with Gasteiger partial charge < -0.3 is 10.1 Å². The van der Waals surface area contributed by atoms with E-state index in [0.29, 0.717) is 44.5 Å². The van der Waals surface area contributed by atoms with Gasteiger partial charge >= 0.3 is 0 Å². The van der Waals surface area contributed by atoms with Gasteiger partial charge in [-0.1, -0.05) is 74.0 Å². The minimum Gasteiger partial charge on any atom is -0.457 e. The quantitative estimate of drug-likeness (QED) is 0.172. The van der Waals surface area contributed by atoms with Crippen molar-refractivity contribution in [2.75, 3.05) is 5.32 Å². The Hall–Kier alpha value is -3.84. The predicted molar refractivity (Wildman–Crippen MR) is 170 cm³/mol. The lowest BCUT2D eigenvalue weighted by molar-refractivity contribution is -0.148. The molecule has 8 rings (SSSR count). The average Bonchev–Trinajstić information content (AvgIpc) is 3.28. The van der Waals surface area contributed by atoms with Crippen LogP contribution < -0.4 is 10.1 Å². The summed E-state index contributed by atoms with van der Waals surface area (Å²) in [6.07, 6.45) is 0. The summed E-state index contributed by atoms with van der Waals surface area (Å²) in [6.45, 7) is 3.61. The van der Waals surface area contributed by atoms with Gasteiger partial charge in [0.1, 0.15) is 27.3 Å². The molecule has 6 nitrogen and oxygen atoms in total. The molecule has 1 aliphatic heterocycles. The van der Waals surface area contributed by atoms with Crippen molar-refractivity contribution in [3.8, 4) is 11.5 Å². The van der Waals surface area contributed by atoms with E-state index in [4.69, 9.17) is 39.5 Å². The number of halogens is 3. The SMILES string of the molecule is CC(C)[C@@H](C(=O)Nc1ccc(Oc2ccc(Cl)cc2)cc1)N1C(=O)[C@@H]2[C@@H](C1=O)C1(Cl)c3ccccc3C2(Cl)c2ccccc21. The number of hydrogen-bond acceptors (Lipinski definition) is 4. The minimum absolute atomic E-state index is 0.393. The largest absolute Gasteiger partial charge is 0.457 e. The summed E-state index contributed by atoms with van der Waals surface area (Å²) >= 11 is 21.0. The molecule has 4 aliphatic rings. The van der Waals surface area contributed by atoms with Crippen molar-refractivity contribution in [3.05, 3.63) is 124 Å². The highest BCUT2D eigenvalue weighted by molar-refractivity contribution is 6.36. The Bertz CT molecular complexity index is 1700. The van der Waals surface area contributed by atoms with Gasteiger partial charge in [0.2, 0.25) is 17.7 Å². The number of rotatable bonds is 6. The molecule has 222 valence electrons. The number of benzene rings is 4. The zero-order valence-corrected chi connectivity index (χ0v) is 26.0. The summed E-state index contributed by atoms with van der Waals surface area (Å²) in [5.74, 6) is -2.64. The number of anilines is 1. The number of likely N-dealkylation sites (tertiary alicyclic amines) is 1. The second-order valence-corrected chi connectivity index (χ2v) is 13.4. The van der Waals surface area contributed by atoms with Crippen LogP contribution in [-0.2, 0) is 24.1 Å². The van der Waals surface area contributed by atoms with Gasteiger partial charge in [0.15, 0.2) is 0 Å². The molecular weight excluding hydrogens is 619 g/mol. The van der Waals surface area contributed by atoms with E-state index < -0.39 is 51.3 Å². The fraction of sp³-hybridized carbons (Fsp3) is 0.229. The Morgan fingerprint density at radius 2 is 1.14 bits per heavy atom. The maximum Gasteiger partial charge on any atom is 0.247 e. The van der Waals surface area contributed by atoms with Crippen LogP contribution in [0.5, 0.6) is 11.5 Å². The summed E-state index contributed by atoms with van der Waals surface area (Å²) in [4.78, 5) is 41.2. The molecule has 3 atom stereocenters. The normalized spacial score (nSPS) is 25.4. The summed E-state index contributed by atoms with van der Waals surface area (Å²) in [5, 5.41) is 3.49. The molecule has 4 aromatic rings.